The van der Waals surface area contributed by atoms with Gasteiger partial charge in [-0.25, -0.2) is 0 Å². The summed E-state index contributed by atoms with van der Waals surface area (Å²) in [4.78, 5) is 0. The van der Waals surface area contributed by atoms with E-state index >= 15 is 0 Å². The fourth-order valence-electron chi connectivity index (χ4n) is 0. The molecule has 0 aromatic rings. The normalized spacial score (nSPS) is 10.0. The van der Waals surface area contributed by atoms with Crippen LogP contribution in [0.5, 0.6) is 0 Å². The minimum atomic E-state index is -2.19. The molecule has 0 nitrogen and oxygen atoms in total. The topological polar surface area (TPSA) is 0 Å². The Morgan fingerprint density at radius 3 is 1.11 bits per heavy atom. The average Bonchev–Trinajstić information content (AvgIpc) is 1.61. The van der Waals surface area contributed by atoms with Crippen molar-refractivity contribution in [2.75, 3.05) is 0 Å². The maximum atomic E-state index is 5.20. The van der Waals surface area contributed by atoms with Crippen LogP contribution in [0, 0.1) is 0 Å². The first kappa shape index (κ1) is 12.7. The Morgan fingerprint density at radius 2 is 1.11 bits per heavy atom. The fraction of sp³-hybridized carbons (Fsp3) is 1.00. The Hall–Kier alpha value is 1.09. The van der Waals surface area contributed by atoms with Gasteiger partial charge in [0.05, 0.1) is 0 Å². The summed E-state index contributed by atoms with van der Waals surface area (Å²) < 4.78 is 0. The molecule has 0 radical (unpaired) electrons. The lowest BCUT2D eigenvalue weighted by atomic mass is 10.4. The highest BCUT2D eigenvalue weighted by atomic mass is 35.8. The molecule has 0 unspecified atom stereocenters. The molecular weight excluding hydrogens is 194 g/mol. The first-order chi connectivity index (χ1) is 3.91. The van der Waals surface area contributed by atoms with E-state index in [4.69, 9.17) is 33.2 Å². The Bertz CT molecular complexity index is 42.7. The van der Waals surface area contributed by atoms with E-state index in [0.717, 1.165) is 0 Å². The van der Waals surface area contributed by atoms with Crippen molar-refractivity contribution >= 4 is 39.2 Å². The van der Waals surface area contributed by atoms with Gasteiger partial charge >= 0.3 is 6.00 Å². The van der Waals surface area contributed by atoms with Gasteiger partial charge < -0.3 is 0 Å². The predicted octanol–water partition coefficient (Wildman–Crippen LogP) is 4.08. The zero-order valence-electron chi connectivity index (χ0n) is 6.05. The second-order valence-corrected chi connectivity index (χ2v) is 11.9. The molecule has 0 aliphatic rings. The molecule has 0 aliphatic heterocycles. The molecule has 0 fully saturated rings. The van der Waals surface area contributed by atoms with Gasteiger partial charge in [0.25, 0.3) is 0 Å². The van der Waals surface area contributed by atoms with Gasteiger partial charge in [-0.2, -0.15) is 0 Å². The van der Waals surface area contributed by atoms with Crippen LogP contribution in [-0.2, 0) is 0 Å². The number of hydrogen-bond donors (Lipinski definition) is 0. The van der Waals surface area contributed by atoms with E-state index in [0.29, 0.717) is 0 Å². The summed E-state index contributed by atoms with van der Waals surface area (Å²) in [5.41, 5.74) is 0. The molecule has 0 aliphatic carbocycles. The molecule has 58 valence electrons. The molecule has 0 rings (SSSR count). The summed E-state index contributed by atoms with van der Waals surface area (Å²) in [6.45, 7) is 5.98. The van der Waals surface area contributed by atoms with Gasteiger partial charge in [0.2, 0.25) is 0 Å². The Labute approximate surface area is 72.6 Å². The van der Waals surface area contributed by atoms with Crippen LogP contribution < -0.4 is 0 Å². The van der Waals surface area contributed by atoms with E-state index < -0.39 is 6.00 Å². The second kappa shape index (κ2) is 7.20. The smallest absolute Gasteiger partial charge is 0.126 e. The van der Waals surface area contributed by atoms with Gasteiger partial charge in [0.15, 0.2) is 0 Å². The quantitative estimate of drug-likeness (QED) is 0.449. The molecule has 0 aromatic heterocycles. The fourth-order valence-corrected chi connectivity index (χ4v) is 0. The van der Waals surface area contributed by atoms with Crippen LogP contribution in [0.3, 0.4) is 0 Å². The van der Waals surface area contributed by atoms with Crippen molar-refractivity contribution in [1.29, 1.82) is 0 Å². The van der Waals surface area contributed by atoms with Crippen molar-refractivity contribution in [2.24, 2.45) is 0 Å². The van der Waals surface area contributed by atoms with Crippen LogP contribution in [0.15, 0.2) is 0 Å². The monoisotopic (exact) mass is 206 g/mol. The van der Waals surface area contributed by atoms with Gasteiger partial charge in [0.1, 0.15) is 0 Å². The van der Waals surface area contributed by atoms with Gasteiger partial charge in [-0.05, 0) is 6.55 Å². The Morgan fingerprint density at radius 1 is 1.00 bits per heavy atom. The van der Waals surface area contributed by atoms with Crippen LogP contribution in [0.2, 0.25) is 6.55 Å². The minimum absolute atomic E-state index is 1.32. The first-order valence-corrected chi connectivity index (χ1v) is 8.52. The maximum absolute atomic E-state index is 5.20. The third kappa shape index (κ3) is 105. The zero-order valence-corrected chi connectivity index (χ0v) is 9.32. The molecule has 9 heavy (non-hydrogen) atoms. The minimum Gasteiger partial charge on any atom is -0.126 e. The lowest BCUT2D eigenvalue weighted by Gasteiger charge is -1.89. The highest BCUT2D eigenvalue weighted by Crippen LogP contribution is 2.17. The van der Waals surface area contributed by atoms with Gasteiger partial charge in [0, 0.05) is 0 Å². The molecule has 4 heteroatoms. The average molecular weight is 208 g/mol. The third-order valence-corrected chi connectivity index (χ3v) is 0.500. The summed E-state index contributed by atoms with van der Waals surface area (Å²) >= 11 is 15.6. The van der Waals surface area contributed by atoms with E-state index in [2.05, 4.69) is 13.8 Å². The molecule has 0 saturated heterocycles. The lowest BCUT2D eigenvalue weighted by molar-refractivity contribution is 0.886. The van der Waals surface area contributed by atoms with Crippen molar-refractivity contribution in [3.05, 3.63) is 0 Å². The zero-order chi connectivity index (χ0) is 7.91. The van der Waals surface area contributed by atoms with E-state index in [1.165, 1.54) is 12.8 Å². The largest absolute Gasteiger partial charge is 0.338 e. The highest BCUT2D eigenvalue weighted by molar-refractivity contribution is 7.64. The third-order valence-electron chi connectivity index (χ3n) is 0.500. The number of hydrogen-bond acceptors (Lipinski definition) is 0. The van der Waals surface area contributed by atoms with Crippen molar-refractivity contribution in [2.45, 2.75) is 33.2 Å². The van der Waals surface area contributed by atoms with Crippen LogP contribution in [0.25, 0.3) is 0 Å². The van der Waals surface area contributed by atoms with Crippen LogP contribution in [-0.4, -0.2) is 6.00 Å². The van der Waals surface area contributed by atoms with Crippen molar-refractivity contribution < 1.29 is 0 Å². The number of unbranched alkanes of at least 4 members (excludes halogenated alkanes) is 1. The molecule has 0 saturated carbocycles. The molecule has 0 bridgehead atoms. The van der Waals surface area contributed by atoms with E-state index in [-0.39, 0.29) is 0 Å². The molecule has 0 amide bonds. The molecule has 0 N–H and O–H groups in total. The van der Waals surface area contributed by atoms with Crippen LogP contribution in [0.4, 0.5) is 0 Å². The maximum Gasteiger partial charge on any atom is 0.338 e. The number of rotatable bonds is 1. The first-order valence-electron chi connectivity index (χ1n) is 2.98. The summed E-state index contributed by atoms with van der Waals surface area (Å²) in [5, 5.41) is 0. The molecule has 0 aromatic carbocycles. The molecule has 0 spiro atoms. The Kier molecular flexibility index (Phi) is 10.2. The SMILES string of the molecule is CCCC.C[Si](Cl)(Cl)Cl. The van der Waals surface area contributed by atoms with E-state index in [9.17, 15) is 0 Å². The van der Waals surface area contributed by atoms with Gasteiger partial charge in [-0.1, -0.05) is 26.7 Å². The lowest BCUT2D eigenvalue weighted by Crippen LogP contribution is -1.97. The van der Waals surface area contributed by atoms with Crippen molar-refractivity contribution in [1.82, 2.24) is 0 Å². The van der Waals surface area contributed by atoms with Gasteiger partial charge in [-0.3, -0.25) is 0 Å². The summed E-state index contributed by atoms with van der Waals surface area (Å²) in [7, 11) is 0. The van der Waals surface area contributed by atoms with Crippen molar-refractivity contribution in [3.8, 4) is 0 Å². The van der Waals surface area contributed by atoms with E-state index in [1.807, 2.05) is 0 Å². The predicted molar refractivity (Wildman–Crippen MR) is 49.8 cm³/mol. The summed E-state index contributed by atoms with van der Waals surface area (Å²) in [6.07, 6.45) is 2.64. The van der Waals surface area contributed by atoms with Gasteiger partial charge in [-0.15, -0.1) is 33.2 Å². The second-order valence-electron chi connectivity index (χ2n) is 1.78. The molecule has 0 atom stereocenters. The summed E-state index contributed by atoms with van der Waals surface area (Å²) in [6, 6.07) is -2.19. The highest BCUT2D eigenvalue weighted by Gasteiger charge is 2.13. The summed E-state index contributed by atoms with van der Waals surface area (Å²) in [5.74, 6) is 0. The standard InChI is InChI=1S/C4H10.CH3Cl3Si/c1-3-4-2;1-5(2,3)4/h3-4H2,1-2H3;1H3. The van der Waals surface area contributed by atoms with Crippen molar-refractivity contribution in [3.63, 3.8) is 0 Å². The van der Waals surface area contributed by atoms with E-state index in [1.54, 1.807) is 6.55 Å². The Balaban J connectivity index is 0. The molecule has 0 heterocycles. The number of halogens is 3. The molecular formula is C5H13Cl3Si. The van der Waals surface area contributed by atoms with Crippen LogP contribution in [0.1, 0.15) is 26.7 Å². The van der Waals surface area contributed by atoms with Crippen LogP contribution >= 0.6 is 33.2 Å².